The number of furan rings is 1. The fraction of sp³-hybridized carbons (Fsp3) is 0.538. The maximum Gasteiger partial charge on any atom is 0.339 e. The summed E-state index contributed by atoms with van der Waals surface area (Å²) in [5.41, 5.74) is 0.114. The number of hydrogen-bond donors (Lipinski definition) is 2. The second-order valence-electron chi connectivity index (χ2n) is 4.60. The summed E-state index contributed by atoms with van der Waals surface area (Å²) in [6, 6.07) is 0.994. The van der Waals surface area contributed by atoms with Crippen LogP contribution >= 0.6 is 0 Å². The maximum absolute atomic E-state index is 12.1. The van der Waals surface area contributed by atoms with Crippen molar-refractivity contribution in [1.82, 2.24) is 10.2 Å². The second kappa shape index (κ2) is 6.53. The smallest absolute Gasteiger partial charge is 0.339 e. The lowest BCUT2D eigenvalue weighted by Crippen LogP contribution is -2.49. The van der Waals surface area contributed by atoms with Crippen LogP contribution in [-0.4, -0.2) is 54.2 Å². The van der Waals surface area contributed by atoms with Crippen LogP contribution in [0.3, 0.4) is 0 Å². The Morgan fingerprint density at radius 1 is 1.45 bits per heavy atom. The number of ether oxygens (including phenoxy) is 1. The molecule has 20 heavy (non-hydrogen) atoms. The molecule has 1 saturated heterocycles. The van der Waals surface area contributed by atoms with Crippen LogP contribution in [0.5, 0.6) is 0 Å². The Labute approximate surface area is 116 Å². The molecule has 0 aromatic carbocycles. The van der Waals surface area contributed by atoms with Gasteiger partial charge in [0.25, 0.3) is 0 Å². The SMILES string of the molecule is CC(NCc1occc1C(=O)O)C(=O)N1CCOCC1. The van der Waals surface area contributed by atoms with Gasteiger partial charge >= 0.3 is 5.97 Å². The van der Waals surface area contributed by atoms with Crippen molar-refractivity contribution in [2.45, 2.75) is 19.5 Å². The van der Waals surface area contributed by atoms with Crippen LogP contribution in [0.1, 0.15) is 23.0 Å². The molecule has 0 bridgehead atoms. The maximum atomic E-state index is 12.1. The largest absolute Gasteiger partial charge is 0.478 e. The second-order valence-corrected chi connectivity index (χ2v) is 4.60. The van der Waals surface area contributed by atoms with Crippen LogP contribution in [-0.2, 0) is 16.1 Å². The van der Waals surface area contributed by atoms with Crippen LogP contribution in [0.2, 0.25) is 0 Å². The molecule has 7 heteroatoms. The number of carbonyl (C=O) groups excluding carboxylic acids is 1. The number of morpholine rings is 1. The van der Waals surface area contributed by atoms with E-state index in [0.717, 1.165) is 0 Å². The molecule has 1 atom stereocenters. The molecule has 1 aromatic heterocycles. The summed E-state index contributed by atoms with van der Waals surface area (Å²) in [5, 5.41) is 11.9. The number of carboxylic acid groups (broad SMARTS) is 1. The number of carboxylic acids is 1. The van der Waals surface area contributed by atoms with Crippen molar-refractivity contribution >= 4 is 11.9 Å². The van der Waals surface area contributed by atoms with E-state index in [4.69, 9.17) is 14.3 Å². The Morgan fingerprint density at radius 3 is 2.80 bits per heavy atom. The van der Waals surface area contributed by atoms with Crippen molar-refractivity contribution in [3.63, 3.8) is 0 Å². The molecule has 7 nitrogen and oxygen atoms in total. The van der Waals surface area contributed by atoms with Crippen molar-refractivity contribution in [2.24, 2.45) is 0 Å². The Morgan fingerprint density at radius 2 is 2.15 bits per heavy atom. The lowest BCUT2D eigenvalue weighted by Gasteiger charge is -2.29. The summed E-state index contributed by atoms with van der Waals surface area (Å²) in [7, 11) is 0. The highest BCUT2D eigenvalue weighted by Crippen LogP contribution is 2.10. The molecule has 110 valence electrons. The summed E-state index contributed by atoms with van der Waals surface area (Å²) in [5.74, 6) is -0.737. The van der Waals surface area contributed by atoms with Crippen LogP contribution in [0.25, 0.3) is 0 Å². The highest BCUT2D eigenvalue weighted by Gasteiger charge is 2.23. The summed E-state index contributed by atoms with van der Waals surface area (Å²) >= 11 is 0. The first-order chi connectivity index (χ1) is 9.59. The average Bonchev–Trinajstić information content (AvgIpc) is 2.93. The van der Waals surface area contributed by atoms with E-state index >= 15 is 0 Å². The van der Waals surface area contributed by atoms with E-state index in [2.05, 4.69) is 5.32 Å². The van der Waals surface area contributed by atoms with Crippen LogP contribution in [0, 0.1) is 0 Å². The normalized spacial score (nSPS) is 16.9. The van der Waals surface area contributed by atoms with E-state index in [1.54, 1.807) is 11.8 Å². The minimum Gasteiger partial charge on any atom is -0.478 e. The number of amides is 1. The molecule has 0 saturated carbocycles. The van der Waals surface area contributed by atoms with Gasteiger partial charge < -0.3 is 19.2 Å². The van der Waals surface area contributed by atoms with Gasteiger partial charge in [0.15, 0.2) is 0 Å². The van der Waals surface area contributed by atoms with Gasteiger partial charge in [0, 0.05) is 13.1 Å². The number of rotatable bonds is 5. The topological polar surface area (TPSA) is 92.0 Å². The Hall–Kier alpha value is -1.86. The summed E-state index contributed by atoms with van der Waals surface area (Å²) < 4.78 is 10.3. The van der Waals surface area contributed by atoms with E-state index in [1.807, 2.05) is 0 Å². The van der Waals surface area contributed by atoms with Gasteiger partial charge in [-0.1, -0.05) is 0 Å². The molecule has 0 spiro atoms. The molecule has 1 unspecified atom stereocenters. The van der Waals surface area contributed by atoms with Crippen LogP contribution in [0.4, 0.5) is 0 Å². The zero-order valence-electron chi connectivity index (χ0n) is 11.3. The van der Waals surface area contributed by atoms with Crippen LogP contribution in [0.15, 0.2) is 16.7 Å². The molecule has 0 aliphatic carbocycles. The fourth-order valence-corrected chi connectivity index (χ4v) is 2.06. The summed E-state index contributed by atoms with van der Waals surface area (Å²) in [6.45, 7) is 4.24. The molecule has 1 aliphatic heterocycles. The molecule has 1 aromatic rings. The third-order valence-corrected chi connectivity index (χ3v) is 3.24. The monoisotopic (exact) mass is 282 g/mol. The molecule has 1 aliphatic rings. The van der Waals surface area contributed by atoms with Crippen LogP contribution < -0.4 is 5.32 Å². The van der Waals surface area contributed by atoms with Crippen molar-refractivity contribution in [3.05, 3.63) is 23.7 Å². The molecule has 2 N–H and O–H groups in total. The van der Waals surface area contributed by atoms with E-state index in [-0.39, 0.29) is 18.0 Å². The molecule has 2 heterocycles. The summed E-state index contributed by atoms with van der Waals surface area (Å²) in [6.07, 6.45) is 1.33. The van der Waals surface area contributed by atoms with Gasteiger partial charge in [-0.15, -0.1) is 0 Å². The summed E-state index contributed by atoms with van der Waals surface area (Å²) in [4.78, 5) is 24.8. The Kier molecular flexibility index (Phi) is 4.75. The molecule has 1 amide bonds. The van der Waals surface area contributed by atoms with Gasteiger partial charge in [0.2, 0.25) is 5.91 Å². The van der Waals surface area contributed by atoms with Gasteiger partial charge in [-0.3, -0.25) is 10.1 Å². The first kappa shape index (κ1) is 14.5. The lowest BCUT2D eigenvalue weighted by atomic mass is 10.2. The van der Waals surface area contributed by atoms with Gasteiger partial charge in [-0.25, -0.2) is 4.79 Å². The van der Waals surface area contributed by atoms with E-state index < -0.39 is 12.0 Å². The quantitative estimate of drug-likeness (QED) is 0.808. The van der Waals surface area contributed by atoms with Crippen molar-refractivity contribution in [1.29, 1.82) is 0 Å². The predicted octanol–water partition coefficient (Wildman–Crippen LogP) is 0.315. The number of carbonyl (C=O) groups is 2. The number of nitrogens with zero attached hydrogens (tertiary/aromatic N) is 1. The third-order valence-electron chi connectivity index (χ3n) is 3.24. The van der Waals surface area contributed by atoms with Gasteiger partial charge in [-0.2, -0.15) is 0 Å². The highest BCUT2D eigenvalue weighted by molar-refractivity contribution is 5.88. The Balaban J connectivity index is 1.87. The molecule has 2 rings (SSSR count). The highest BCUT2D eigenvalue weighted by atomic mass is 16.5. The number of nitrogens with one attached hydrogen (secondary N) is 1. The minimum absolute atomic E-state index is 0.0169. The van der Waals surface area contributed by atoms with E-state index in [0.29, 0.717) is 32.1 Å². The lowest BCUT2D eigenvalue weighted by molar-refractivity contribution is -0.137. The minimum atomic E-state index is -1.04. The number of hydrogen-bond acceptors (Lipinski definition) is 5. The molecular weight excluding hydrogens is 264 g/mol. The van der Waals surface area contributed by atoms with Crippen molar-refractivity contribution in [2.75, 3.05) is 26.3 Å². The van der Waals surface area contributed by atoms with E-state index in [1.165, 1.54) is 12.3 Å². The number of aromatic carboxylic acids is 1. The Bertz CT molecular complexity index is 479. The van der Waals surface area contributed by atoms with E-state index in [9.17, 15) is 9.59 Å². The fourth-order valence-electron chi connectivity index (χ4n) is 2.06. The molecular formula is C13H18N2O5. The van der Waals surface area contributed by atoms with Gasteiger partial charge in [0.1, 0.15) is 11.3 Å². The third kappa shape index (κ3) is 3.37. The van der Waals surface area contributed by atoms with Crippen molar-refractivity contribution < 1.29 is 23.8 Å². The zero-order chi connectivity index (χ0) is 14.5. The first-order valence-corrected chi connectivity index (χ1v) is 6.49. The van der Waals surface area contributed by atoms with Gasteiger partial charge in [-0.05, 0) is 13.0 Å². The predicted molar refractivity (Wildman–Crippen MR) is 69.4 cm³/mol. The average molecular weight is 282 g/mol. The molecule has 0 radical (unpaired) electrons. The zero-order valence-corrected chi connectivity index (χ0v) is 11.3. The first-order valence-electron chi connectivity index (χ1n) is 6.49. The van der Waals surface area contributed by atoms with Gasteiger partial charge in [0.05, 0.1) is 32.1 Å². The standard InChI is InChI=1S/C13H18N2O5/c1-9(12(16)15-3-6-19-7-4-15)14-8-11-10(13(17)18)2-5-20-11/h2,5,9,14H,3-4,6-8H2,1H3,(H,17,18). The molecule has 1 fully saturated rings. The van der Waals surface area contributed by atoms with Crippen molar-refractivity contribution in [3.8, 4) is 0 Å².